The molecule has 1 amide bonds. The number of hydrogen-bond acceptors (Lipinski definition) is 8. The Hall–Kier alpha value is -3.24. The van der Waals surface area contributed by atoms with Crippen LogP contribution in [0.1, 0.15) is 11.4 Å². The molecule has 5 heterocycles. The Kier molecular flexibility index (Phi) is 4.96. The van der Waals surface area contributed by atoms with Crippen LogP contribution in [0.4, 0.5) is 11.9 Å². The number of likely N-dealkylation sites (N-methyl/N-ethyl adjacent to an activating group) is 1. The molecule has 6 rings (SSSR count). The van der Waals surface area contributed by atoms with Crippen molar-refractivity contribution in [2.24, 2.45) is 5.41 Å². The number of fused-ring (bicyclic) bond motifs is 3. The zero-order chi connectivity index (χ0) is 23.4. The van der Waals surface area contributed by atoms with Crippen molar-refractivity contribution in [1.82, 2.24) is 34.5 Å². The second kappa shape index (κ2) is 7.92. The molecule has 0 radical (unpaired) electrons. The molecular formula is C23H26ClN9O. The number of halogens is 1. The molecule has 1 aromatic carbocycles. The number of aromatic nitrogens is 5. The molecule has 0 N–H and O–H groups in total. The van der Waals surface area contributed by atoms with Crippen LogP contribution in [0.25, 0.3) is 5.69 Å². The minimum Gasteiger partial charge on any atom is -0.348 e. The number of benzene rings is 1. The Labute approximate surface area is 202 Å². The minimum absolute atomic E-state index is 0.0541. The van der Waals surface area contributed by atoms with Crippen molar-refractivity contribution in [3.63, 3.8) is 0 Å². The second-order valence-corrected chi connectivity index (χ2v) is 10.2. The van der Waals surface area contributed by atoms with Gasteiger partial charge in [0.25, 0.3) is 0 Å². The average Bonchev–Trinajstić information content (AvgIpc) is 3.08. The summed E-state index contributed by atoms with van der Waals surface area (Å²) in [5.41, 5.74) is 2.32. The summed E-state index contributed by atoms with van der Waals surface area (Å²) in [6.45, 7) is 5.19. The van der Waals surface area contributed by atoms with Crippen LogP contribution in [-0.2, 0) is 17.9 Å². The van der Waals surface area contributed by atoms with Gasteiger partial charge in [-0.2, -0.15) is 0 Å². The first-order chi connectivity index (χ1) is 16.4. The van der Waals surface area contributed by atoms with E-state index < -0.39 is 0 Å². The highest BCUT2D eigenvalue weighted by Crippen LogP contribution is 2.43. The van der Waals surface area contributed by atoms with Gasteiger partial charge in [-0.15, -0.1) is 10.2 Å². The van der Waals surface area contributed by atoms with E-state index in [-0.39, 0.29) is 11.3 Å². The standard InChI is InChI=1S/C23H26ClN9O/c1-29(2)20(34)11-30-9-16-8-17(24)4-5-18(16)33-19(10-30)27-28-22(33)32-14-23(15-32)12-31(13-23)21-25-6-3-7-26-21/h3-8H,9-15H2,1-2H3. The predicted octanol–water partition coefficient (Wildman–Crippen LogP) is 1.44. The monoisotopic (exact) mass is 479 g/mol. The number of rotatable bonds is 4. The molecule has 3 aliphatic heterocycles. The van der Waals surface area contributed by atoms with E-state index in [2.05, 4.69) is 39.4 Å². The summed E-state index contributed by atoms with van der Waals surface area (Å²) in [5, 5.41) is 9.79. The van der Waals surface area contributed by atoms with Crippen LogP contribution in [0.2, 0.25) is 5.02 Å². The molecule has 2 aromatic heterocycles. The molecule has 0 saturated carbocycles. The molecule has 0 unspecified atom stereocenters. The molecule has 176 valence electrons. The summed E-state index contributed by atoms with van der Waals surface area (Å²) in [4.78, 5) is 29.4. The zero-order valence-corrected chi connectivity index (χ0v) is 20.0. The number of amides is 1. The number of carbonyl (C=O) groups is 1. The van der Waals surface area contributed by atoms with Crippen molar-refractivity contribution >= 4 is 29.4 Å². The highest BCUT2D eigenvalue weighted by atomic mass is 35.5. The molecule has 0 aliphatic carbocycles. The minimum atomic E-state index is 0.0541. The molecule has 1 spiro atoms. The maximum atomic E-state index is 12.4. The first kappa shape index (κ1) is 21.3. The number of hydrogen-bond donors (Lipinski definition) is 0. The van der Waals surface area contributed by atoms with Gasteiger partial charge < -0.3 is 14.7 Å². The van der Waals surface area contributed by atoms with E-state index in [0.29, 0.717) is 24.7 Å². The first-order valence-corrected chi connectivity index (χ1v) is 11.7. The fourth-order valence-electron chi connectivity index (χ4n) is 5.17. The summed E-state index contributed by atoms with van der Waals surface area (Å²) in [7, 11) is 3.55. The Morgan fingerprint density at radius 3 is 2.53 bits per heavy atom. The molecule has 3 aromatic rings. The van der Waals surface area contributed by atoms with Gasteiger partial charge in [-0.25, -0.2) is 9.97 Å². The van der Waals surface area contributed by atoms with Crippen LogP contribution < -0.4 is 9.80 Å². The van der Waals surface area contributed by atoms with Gasteiger partial charge in [-0.3, -0.25) is 14.3 Å². The Morgan fingerprint density at radius 2 is 1.79 bits per heavy atom. The van der Waals surface area contributed by atoms with Gasteiger partial charge in [-0.1, -0.05) is 11.6 Å². The predicted molar refractivity (Wildman–Crippen MR) is 128 cm³/mol. The lowest BCUT2D eigenvalue weighted by Gasteiger charge is -2.60. The van der Waals surface area contributed by atoms with Crippen LogP contribution in [0.3, 0.4) is 0 Å². The Morgan fingerprint density at radius 1 is 1.06 bits per heavy atom. The summed E-state index contributed by atoms with van der Waals surface area (Å²) >= 11 is 6.34. The van der Waals surface area contributed by atoms with Gasteiger partial charge in [0.05, 0.1) is 18.8 Å². The van der Waals surface area contributed by atoms with Gasteiger partial charge in [0.2, 0.25) is 17.8 Å². The SMILES string of the molecule is CN(C)C(=O)CN1Cc2cc(Cl)ccc2-n2c(nnc2N2CC3(CN(c4ncccn4)C3)C2)C1. The lowest BCUT2D eigenvalue weighted by atomic mass is 9.73. The zero-order valence-electron chi connectivity index (χ0n) is 19.2. The van der Waals surface area contributed by atoms with Gasteiger partial charge in [-0.05, 0) is 29.8 Å². The van der Waals surface area contributed by atoms with Crippen molar-refractivity contribution in [3.05, 3.63) is 53.1 Å². The van der Waals surface area contributed by atoms with Gasteiger partial charge in [0.15, 0.2) is 5.82 Å². The van der Waals surface area contributed by atoms with Crippen LogP contribution in [0, 0.1) is 5.41 Å². The van der Waals surface area contributed by atoms with E-state index in [1.165, 1.54) is 0 Å². The van der Waals surface area contributed by atoms with Gasteiger partial charge in [0.1, 0.15) is 0 Å². The van der Waals surface area contributed by atoms with E-state index in [0.717, 1.165) is 55.2 Å². The topological polar surface area (TPSA) is 86.5 Å². The first-order valence-electron chi connectivity index (χ1n) is 11.3. The van der Waals surface area contributed by atoms with Crippen LogP contribution in [0.15, 0.2) is 36.7 Å². The third-order valence-corrected chi connectivity index (χ3v) is 7.07. The normalized spacial score (nSPS) is 18.6. The quantitative estimate of drug-likeness (QED) is 0.555. The van der Waals surface area contributed by atoms with Crippen molar-refractivity contribution in [1.29, 1.82) is 0 Å². The third-order valence-electron chi connectivity index (χ3n) is 6.83. The van der Waals surface area contributed by atoms with E-state index in [1.807, 2.05) is 24.3 Å². The largest absolute Gasteiger partial charge is 0.348 e. The molecule has 0 atom stereocenters. The number of carbonyl (C=O) groups excluding carboxylic acids is 1. The molecular weight excluding hydrogens is 454 g/mol. The van der Waals surface area contributed by atoms with Crippen molar-refractivity contribution in [3.8, 4) is 5.69 Å². The molecule has 0 bridgehead atoms. The summed E-state index contributed by atoms with van der Waals surface area (Å²) in [5.74, 6) is 2.52. The lowest BCUT2D eigenvalue weighted by molar-refractivity contribution is -0.130. The molecule has 34 heavy (non-hydrogen) atoms. The summed E-state index contributed by atoms with van der Waals surface area (Å²) in [6, 6.07) is 7.74. The van der Waals surface area contributed by atoms with Crippen LogP contribution in [0.5, 0.6) is 0 Å². The summed E-state index contributed by atoms with van der Waals surface area (Å²) < 4.78 is 2.13. The fourth-order valence-corrected chi connectivity index (χ4v) is 5.36. The Bertz CT molecular complexity index is 1230. The average molecular weight is 480 g/mol. The van der Waals surface area contributed by atoms with Crippen molar-refractivity contribution < 1.29 is 4.79 Å². The highest BCUT2D eigenvalue weighted by molar-refractivity contribution is 6.30. The van der Waals surface area contributed by atoms with Crippen LogP contribution in [-0.4, -0.2) is 87.3 Å². The van der Waals surface area contributed by atoms with Crippen LogP contribution >= 0.6 is 11.6 Å². The molecule has 3 aliphatic rings. The van der Waals surface area contributed by atoms with Gasteiger partial charge in [0, 0.05) is 69.7 Å². The lowest BCUT2D eigenvalue weighted by Crippen LogP contribution is -2.73. The van der Waals surface area contributed by atoms with Gasteiger partial charge >= 0.3 is 0 Å². The molecule has 2 saturated heterocycles. The maximum Gasteiger partial charge on any atom is 0.236 e. The molecule has 10 nitrogen and oxygen atoms in total. The van der Waals surface area contributed by atoms with E-state index in [4.69, 9.17) is 11.6 Å². The summed E-state index contributed by atoms with van der Waals surface area (Å²) in [6.07, 6.45) is 3.57. The third kappa shape index (κ3) is 3.57. The maximum absolute atomic E-state index is 12.4. The smallest absolute Gasteiger partial charge is 0.236 e. The van der Waals surface area contributed by atoms with Crippen molar-refractivity contribution in [2.75, 3.05) is 56.6 Å². The number of anilines is 2. The number of nitrogens with zero attached hydrogens (tertiary/aromatic N) is 9. The Balaban J connectivity index is 1.24. The highest BCUT2D eigenvalue weighted by Gasteiger charge is 2.53. The van der Waals surface area contributed by atoms with Crippen molar-refractivity contribution in [2.45, 2.75) is 13.1 Å². The van der Waals surface area contributed by atoms with E-state index in [9.17, 15) is 4.79 Å². The fraction of sp³-hybridized carbons (Fsp3) is 0.435. The molecule has 2 fully saturated rings. The van der Waals surface area contributed by atoms with E-state index >= 15 is 0 Å². The van der Waals surface area contributed by atoms with E-state index in [1.54, 1.807) is 31.4 Å². The molecule has 11 heteroatoms. The second-order valence-electron chi connectivity index (χ2n) is 9.72.